The van der Waals surface area contributed by atoms with Gasteiger partial charge in [0, 0.05) is 0 Å². The molecule has 2 nitrogen and oxygen atoms in total. The maximum Gasteiger partial charge on any atom is 0.314 e. The van der Waals surface area contributed by atoms with Gasteiger partial charge in [-0.05, 0) is 32.9 Å². The largest absolute Gasteiger partial charge is 0.314 e. The van der Waals surface area contributed by atoms with Crippen LogP contribution in [0, 0.1) is 5.41 Å². The molecule has 0 unspecified atom stereocenters. The molecule has 1 N–H and O–H groups in total. The first-order valence-electron chi connectivity index (χ1n) is 3.23. The van der Waals surface area contributed by atoms with Crippen LogP contribution in [0.2, 0.25) is 0 Å². The van der Waals surface area contributed by atoms with Gasteiger partial charge in [0.05, 0.1) is 0 Å². The summed E-state index contributed by atoms with van der Waals surface area (Å²) in [5, 5.41) is 6.88. The Kier molecular flexibility index (Phi) is 4.17. The number of nitrogens with zero attached hydrogens (tertiary/aromatic N) is 1. The van der Waals surface area contributed by atoms with E-state index in [2.05, 4.69) is 6.01 Å². The molecule has 2 heteroatoms. The van der Waals surface area contributed by atoms with E-state index in [1.807, 2.05) is 32.9 Å². The molecule has 0 saturated carbocycles. The highest BCUT2D eigenvalue weighted by Gasteiger charge is 1.93. The fraction of sp³-hybridized carbons (Fsp3) is 0.375. The lowest BCUT2D eigenvalue weighted by atomic mass is 10.4. The quantitative estimate of drug-likeness (QED) is 0.446. The molecule has 0 aromatic rings. The molecule has 0 aliphatic carbocycles. The van der Waals surface area contributed by atoms with Crippen molar-refractivity contribution in [2.45, 2.75) is 20.8 Å². The monoisotopic (exact) mass is 137 g/mol. The Bertz CT molecular complexity index is 205. The highest BCUT2D eigenvalue weighted by atomic mass is 15.0. The van der Waals surface area contributed by atoms with E-state index >= 15 is 0 Å². The Labute approximate surface area is 61.7 Å². The summed E-state index contributed by atoms with van der Waals surface area (Å²) in [6.45, 7) is 5.78. The van der Waals surface area contributed by atoms with Crippen molar-refractivity contribution >= 4 is 6.01 Å². The van der Waals surface area contributed by atoms with Gasteiger partial charge < -0.3 is 0 Å². The summed E-state index contributed by atoms with van der Waals surface area (Å²) in [5.74, 6) is 0. The molecule has 0 heterocycles. The first-order valence-corrected chi connectivity index (χ1v) is 3.23. The highest BCUT2D eigenvalue weighted by Crippen LogP contribution is 1.93. The molecular weight excluding hydrogens is 124 g/mol. The molecule has 10 heavy (non-hydrogen) atoms. The van der Waals surface area contributed by atoms with Gasteiger partial charge in [0.1, 0.15) is 11.9 Å². The first-order chi connectivity index (χ1) is 4.76. The molecule has 0 aliphatic heterocycles. The fourth-order valence-corrected chi connectivity index (χ4v) is 0.531. The van der Waals surface area contributed by atoms with Gasteiger partial charge in [-0.25, -0.2) is 0 Å². The Balaban J connectivity index is 4.56. The average molecular weight is 137 g/mol. The smallest absolute Gasteiger partial charge is 0.163 e. The SMILES string of the molecule is C/C=C\[N+](=C=N)/C(C)=C\C. The second kappa shape index (κ2) is 4.71. The van der Waals surface area contributed by atoms with E-state index < -0.39 is 0 Å². The maximum atomic E-state index is 6.88. The van der Waals surface area contributed by atoms with Gasteiger partial charge in [-0.3, -0.25) is 0 Å². The lowest BCUT2D eigenvalue weighted by Gasteiger charge is -1.91. The number of nitrogens with one attached hydrogen (secondary N) is 1. The maximum absolute atomic E-state index is 6.88. The van der Waals surface area contributed by atoms with Crippen LogP contribution < -0.4 is 0 Å². The average Bonchev–Trinajstić information content (AvgIpc) is 1.99. The molecule has 0 aromatic heterocycles. The van der Waals surface area contributed by atoms with Gasteiger partial charge in [-0.1, -0.05) is 5.41 Å². The molecule has 0 radical (unpaired) electrons. The van der Waals surface area contributed by atoms with E-state index in [0.29, 0.717) is 0 Å². The van der Waals surface area contributed by atoms with Gasteiger partial charge in [0.15, 0.2) is 0 Å². The van der Waals surface area contributed by atoms with Crippen LogP contribution >= 0.6 is 0 Å². The standard InChI is InChI=1S/C8H13N2/c1-4-6-10(7-9)8(3)5-2/h4-6,9H,1-3H3/q+1/b6-4-,8-5-. The second-order valence-electron chi connectivity index (χ2n) is 1.89. The Hall–Kier alpha value is -1.14. The van der Waals surface area contributed by atoms with Gasteiger partial charge in [0.2, 0.25) is 0 Å². The van der Waals surface area contributed by atoms with Crippen LogP contribution in [0.3, 0.4) is 0 Å². The summed E-state index contributed by atoms with van der Waals surface area (Å²) in [4.78, 5) is 0. The van der Waals surface area contributed by atoms with Crippen molar-refractivity contribution < 1.29 is 4.58 Å². The first kappa shape index (κ1) is 8.86. The van der Waals surface area contributed by atoms with Gasteiger partial charge in [0.25, 0.3) is 0 Å². The van der Waals surface area contributed by atoms with E-state index in [9.17, 15) is 0 Å². The number of hydrogen-bond donors (Lipinski definition) is 1. The third-order valence-electron chi connectivity index (χ3n) is 1.22. The van der Waals surface area contributed by atoms with Crippen LogP contribution in [-0.4, -0.2) is 10.6 Å². The minimum Gasteiger partial charge on any atom is -0.163 e. The summed E-state index contributed by atoms with van der Waals surface area (Å²) in [6, 6.07) is 2.28. The molecule has 54 valence electrons. The zero-order chi connectivity index (χ0) is 7.98. The fourth-order valence-electron chi connectivity index (χ4n) is 0.531. The molecular formula is C8H13N2+. The summed E-state index contributed by atoms with van der Waals surface area (Å²) >= 11 is 0. The number of allylic oxidation sites excluding steroid dienone is 3. The lowest BCUT2D eigenvalue weighted by Crippen LogP contribution is -1.97. The van der Waals surface area contributed by atoms with Gasteiger partial charge in [-0.2, -0.15) is 4.58 Å². The summed E-state index contributed by atoms with van der Waals surface area (Å²) in [7, 11) is 0. The lowest BCUT2D eigenvalue weighted by molar-refractivity contribution is -0.394. The van der Waals surface area contributed by atoms with Crippen molar-refractivity contribution in [1.29, 1.82) is 5.41 Å². The molecule has 0 saturated heterocycles. The molecule has 0 rings (SSSR count). The highest BCUT2D eigenvalue weighted by molar-refractivity contribution is 5.30. The van der Waals surface area contributed by atoms with Crippen molar-refractivity contribution in [3.05, 3.63) is 24.0 Å². The van der Waals surface area contributed by atoms with Crippen LogP contribution in [-0.2, 0) is 0 Å². The Morgan fingerprint density at radius 2 is 2.10 bits per heavy atom. The summed E-state index contributed by atoms with van der Waals surface area (Å²) < 4.78 is 1.62. The molecule has 0 amide bonds. The van der Waals surface area contributed by atoms with Gasteiger partial charge in [-0.15, -0.1) is 0 Å². The molecule has 0 bridgehead atoms. The topological polar surface area (TPSA) is 26.9 Å². The third-order valence-corrected chi connectivity index (χ3v) is 1.22. The van der Waals surface area contributed by atoms with Crippen molar-refractivity contribution in [1.82, 2.24) is 0 Å². The molecule has 0 aliphatic rings. The van der Waals surface area contributed by atoms with Crippen molar-refractivity contribution in [2.24, 2.45) is 0 Å². The summed E-state index contributed by atoms with van der Waals surface area (Å²) in [5.41, 5.74) is 1.01. The van der Waals surface area contributed by atoms with E-state index in [-0.39, 0.29) is 0 Å². The minimum absolute atomic E-state index is 1.01. The normalized spacial score (nSPS) is 11.7. The van der Waals surface area contributed by atoms with Crippen molar-refractivity contribution in [3.8, 4) is 0 Å². The van der Waals surface area contributed by atoms with Crippen molar-refractivity contribution in [2.75, 3.05) is 0 Å². The van der Waals surface area contributed by atoms with Crippen LogP contribution in [0.25, 0.3) is 0 Å². The predicted molar refractivity (Wildman–Crippen MR) is 42.2 cm³/mol. The second-order valence-corrected chi connectivity index (χ2v) is 1.89. The van der Waals surface area contributed by atoms with Crippen LogP contribution in [0.15, 0.2) is 24.0 Å². The van der Waals surface area contributed by atoms with Crippen LogP contribution in [0.1, 0.15) is 20.8 Å². The minimum atomic E-state index is 1.01. The molecule has 0 spiro atoms. The zero-order valence-electron chi connectivity index (χ0n) is 6.68. The molecule has 0 aromatic carbocycles. The van der Waals surface area contributed by atoms with E-state index in [4.69, 9.17) is 5.41 Å². The van der Waals surface area contributed by atoms with E-state index in [1.54, 1.807) is 10.8 Å². The molecule has 0 fully saturated rings. The number of rotatable bonds is 2. The Morgan fingerprint density at radius 3 is 2.40 bits per heavy atom. The predicted octanol–water partition coefficient (Wildman–Crippen LogP) is 2.21. The number of hydrogen-bond acceptors (Lipinski definition) is 1. The van der Waals surface area contributed by atoms with Gasteiger partial charge >= 0.3 is 6.01 Å². The van der Waals surface area contributed by atoms with E-state index in [1.165, 1.54) is 0 Å². The van der Waals surface area contributed by atoms with E-state index in [0.717, 1.165) is 5.70 Å². The summed E-state index contributed by atoms with van der Waals surface area (Å²) in [6.07, 6.45) is 5.60. The zero-order valence-corrected chi connectivity index (χ0v) is 6.68. The van der Waals surface area contributed by atoms with Crippen LogP contribution in [0.5, 0.6) is 0 Å². The van der Waals surface area contributed by atoms with Crippen molar-refractivity contribution in [3.63, 3.8) is 0 Å². The molecule has 0 atom stereocenters. The Morgan fingerprint density at radius 1 is 1.50 bits per heavy atom. The third kappa shape index (κ3) is 2.42. The van der Waals surface area contributed by atoms with Crippen LogP contribution in [0.4, 0.5) is 0 Å².